The maximum Gasteiger partial charge on any atom is 0.128 e. The lowest BCUT2D eigenvalue weighted by molar-refractivity contribution is 0.337. The first-order chi connectivity index (χ1) is 9.17. The van der Waals surface area contributed by atoms with Gasteiger partial charge in [-0.3, -0.25) is 0 Å². The third-order valence-electron chi connectivity index (χ3n) is 4.92. The van der Waals surface area contributed by atoms with Crippen LogP contribution in [0.4, 0.5) is 5.82 Å². The number of aromatic nitrogens is 1. The summed E-state index contributed by atoms with van der Waals surface area (Å²) in [6.45, 7) is 1.58. The van der Waals surface area contributed by atoms with E-state index in [2.05, 4.69) is 16.9 Å². The van der Waals surface area contributed by atoms with Gasteiger partial charge in [-0.1, -0.05) is 18.0 Å². The highest BCUT2D eigenvalue weighted by atomic mass is 35.5. The molecule has 3 atom stereocenters. The molecule has 0 aromatic carbocycles. The molecule has 1 heterocycles. The first-order valence-electron chi connectivity index (χ1n) is 7.23. The van der Waals surface area contributed by atoms with Crippen molar-refractivity contribution in [1.29, 1.82) is 0 Å². The number of hydrogen-bond acceptors (Lipinski definition) is 3. The summed E-state index contributed by atoms with van der Waals surface area (Å²) in [6, 6.07) is 2.02. The van der Waals surface area contributed by atoms with Crippen LogP contribution >= 0.6 is 11.6 Å². The van der Waals surface area contributed by atoms with Crippen molar-refractivity contribution in [3.8, 4) is 0 Å². The van der Waals surface area contributed by atoms with Crippen molar-refractivity contribution >= 4 is 17.4 Å². The lowest BCUT2D eigenvalue weighted by Crippen LogP contribution is -2.29. The molecule has 0 spiro atoms. The van der Waals surface area contributed by atoms with Gasteiger partial charge in [-0.15, -0.1) is 0 Å². The molecule has 2 bridgehead atoms. The van der Waals surface area contributed by atoms with E-state index >= 15 is 0 Å². The van der Waals surface area contributed by atoms with E-state index in [9.17, 15) is 0 Å². The van der Waals surface area contributed by atoms with E-state index in [1.54, 1.807) is 6.20 Å². The van der Waals surface area contributed by atoms with Gasteiger partial charge in [0.15, 0.2) is 0 Å². The van der Waals surface area contributed by atoms with Gasteiger partial charge in [-0.25, -0.2) is 4.98 Å². The minimum absolute atomic E-state index is 0.469. The van der Waals surface area contributed by atoms with Crippen molar-refractivity contribution in [2.75, 3.05) is 18.5 Å². The van der Waals surface area contributed by atoms with Crippen molar-refractivity contribution in [2.24, 2.45) is 23.5 Å². The van der Waals surface area contributed by atoms with E-state index in [-0.39, 0.29) is 0 Å². The largest absolute Gasteiger partial charge is 0.359 e. The monoisotopic (exact) mass is 279 g/mol. The molecule has 104 valence electrons. The van der Waals surface area contributed by atoms with Gasteiger partial charge in [0.1, 0.15) is 5.82 Å². The summed E-state index contributed by atoms with van der Waals surface area (Å²) < 4.78 is 0. The number of halogens is 1. The van der Waals surface area contributed by atoms with Crippen molar-refractivity contribution < 1.29 is 0 Å². The zero-order chi connectivity index (χ0) is 13.4. The molecule has 3 unspecified atom stereocenters. The number of nitrogens with zero attached hydrogens (tertiary/aromatic N) is 2. The molecule has 19 heavy (non-hydrogen) atoms. The molecule has 2 aliphatic carbocycles. The summed E-state index contributed by atoms with van der Waals surface area (Å²) in [5, 5.41) is 0.666. The second kappa shape index (κ2) is 5.29. The van der Waals surface area contributed by atoms with E-state index < -0.39 is 0 Å². The highest BCUT2D eigenvalue weighted by Gasteiger charge is 2.39. The molecule has 3 rings (SSSR count). The number of pyridine rings is 1. The van der Waals surface area contributed by atoms with Gasteiger partial charge in [0.05, 0.1) is 5.02 Å². The smallest absolute Gasteiger partial charge is 0.128 e. The Morgan fingerprint density at radius 1 is 1.42 bits per heavy atom. The summed E-state index contributed by atoms with van der Waals surface area (Å²) in [4.78, 5) is 6.69. The molecule has 1 aromatic heterocycles. The molecule has 2 N–H and O–H groups in total. The van der Waals surface area contributed by atoms with E-state index in [4.69, 9.17) is 17.3 Å². The van der Waals surface area contributed by atoms with Crippen LogP contribution in [0.2, 0.25) is 5.02 Å². The van der Waals surface area contributed by atoms with Gasteiger partial charge in [0.2, 0.25) is 0 Å². The molecule has 2 saturated carbocycles. The van der Waals surface area contributed by atoms with Crippen LogP contribution in [-0.4, -0.2) is 18.6 Å². The minimum Gasteiger partial charge on any atom is -0.359 e. The number of rotatable bonds is 4. The molecular weight excluding hydrogens is 258 g/mol. The van der Waals surface area contributed by atoms with Crippen LogP contribution < -0.4 is 10.6 Å². The molecule has 0 radical (unpaired) electrons. The second-order valence-electron chi connectivity index (χ2n) is 6.15. The predicted molar refractivity (Wildman–Crippen MR) is 79.3 cm³/mol. The Morgan fingerprint density at radius 3 is 2.89 bits per heavy atom. The highest BCUT2D eigenvalue weighted by Crippen LogP contribution is 2.48. The molecule has 0 aliphatic heterocycles. The lowest BCUT2D eigenvalue weighted by atomic mass is 9.88. The van der Waals surface area contributed by atoms with E-state index in [1.807, 2.05) is 6.07 Å². The highest BCUT2D eigenvalue weighted by molar-refractivity contribution is 6.31. The Bertz CT molecular complexity index is 463. The van der Waals surface area contributed by atoms with E-state index in [0.29, 0.717) is 11.6 Å². The maximum atomic E-state index is 6.06. The summed E-state index contributed by atoms with van der Waals surface area (Å²) in [6.07, 6.45) is 7.48. The SMILES string of the molecule is CN(CC1CC2CCC1C2)c1cc(CN)c(Cl)cn1. The third kappa shape index (κ3) is 2.59. The van der Waals surface area contributed by atoms with Gasteiger partial charge >= 0.3 is 0 Å². The summed E-state index contributed by atoms with van der Waals surface area (Å²) >= 11 is 6.06. The average molecular weight is 280 g/mol. The summed E-state index contributed by atoms with van der Waals surface area (Å²) in [5.74, 6) is 3.80. The Balaban J connectivity index is 1.68. The van der Waals surface area contributed by atoms with Gasteiger partial charge < -0.3 is 10.6 Å². The molecule has 2 fully saturated rings. The van der Waals surface area contributed by atoms with E-state index in [0.717, 1.165) is 35.7 Å². The molecule has 4 heteroatoms. The van der Waals surface area contributed by atoms with Crippen molar-refractivity contribution in [3.63, 3.8) is 0 Å². The predicted octanol–water partition coefficient (Wildman–Crippen LogP) is 3.07. The van der Waals surface area contributed by atoms with Gasteiger partial charge in [0, 0.05) is 26.3 Å². The zero-order valence-corrected chi connectivity index (χ0v) is 12.2. The maximum absolute atomic E-state index is 6.06. The topological polar surface area (TPSA) is 42.1 Å². The zero-order valence-electron chi connectivity index (χ0n) is 11.5. The Morgan fingerprint density at radius 2 is 2.26 bits per heavy atom. The molecule has 3 nitrogen and oxygen atoms in total. The van der Waals surface area contributed by atoms with Crippen molar-refractivity contribution in [2.45, 2.75) is 32.2 Å². The Labute approximate surface area is 120 Å². The fourth-order valence-corrected chi connectivity index (χ4v) is 4.06. The quantitative estimate of drug-likeness (QED) is 0.921. The molecule has 2 aliphatic rings. The van der Waals surface area contributed by atoms with Gasteiger partial charge in [0.25, 0.3) is 0 Å². The Kier molecular flexibility index (Phi) is 3.68. The first-order valence-corrected chi connectivity index (χ1v) is 7.60. The van der Waals surface area contributed by atoms with Crippen LogP contribution in [0.3, 0.4) is 0 Å². The fraction of sp³-hybridized carbons (Fsp3) is 0.667. The van der Waals surface area contributed by atoms with Crippen molar-refractivity contribution in [3.05, 3.63) is 22.8 Å². The van der Waals surface area contributed by atoms with Crippen LogP contribution in [0.15, 0.2) is 12.3 Å². The van der Waals surface area contributed by atoms with Gasteiger partial charge in [-0.05, 0) is 48.6 Å². The number of hydrogen-bond donors (Lipinski definition) is 1. The summed E-state index contributed by atoms with van der Waals surface area (Å²) in [5.41, 5.74) is 6.68. The number of nitrogens with two attached hydrogens (primary N) is 1. The van der Waals surface area contributed by atoms with Crippen LogP contribution in [-0.2, 0) is 6.54 Å². The van der Waals surface area contributed by atoms with E-state index in [1.165, 1.54) is 25.7 Å². The van der Waals surface area contributed by atoms with Gasteiger partial charge in [-0.2, -0.15) is 0 Å². The number of fused-ring (bicyclic) bond motifs is 2. The lowest BCUT2D eigenvalue weighted by Gasteiger charge is -2.28. The molecule has 0 amide bonds. The molecular formula is C15H22ClN3. The second-order valence-corrected chi connectivity index (χ2v) is 6.56. The normalized spacial score (nSPS) is 28.9. The third-order valence-corrected chi connectivity index (χ3v) is 5.26. The van der Waals surface area contributed by atoms with Crippen LogP contribution in [0.1, 0.15) is 31.2 Å². The Hall–Kier alpha value is -0.800. The van der Waals surface area contributed by atoms with Crippen LogP contribution in [0, 0.1) is 17.8 Å². The fourth-order valence-electron chi connectivity index (χ4n) is 3.88. The summed E-state index contributed by atoms with van der Waals surface area (Å²) in [7, 11) is 2.13. The van der Waals surface area contributed by atoms with Crippen molar-refractivity contribution in [1.82, 2.24) is 4.98 Å². The average Bonchev–Trinajstić information content (AvgIpc) is 3.01. The standard InChI is InChI=1S/C15H22ClN3/c1-19(9-13-5-10-2-3-11(13)4-10)15-6-12(7-17)14(16)8-18-15/h6,8,10-11,13H,2-5,7,9,17H2,1H3. The minimum atomic E-state index is 0.469. The van der Waals surface area contributed by atoms with Crippen LogP contribution in [0.5, 0.6) is 0 Å². The first kappa shape index (κ1) is 13.2. The molecule has 1 aromatic rings. The number of anilines is 1. The van der Waals surface area contributed by atoms with Crippen LogP contribution in [0.25, 0.3) is 0 Å². The molecule has 0 saturated heterocycles.